The van der Waals surface area contributed by atoms with Crippen molar-refractivity contribution in [3.05, 3.63) is 0 Å². The van der Waals surface area contributed by atoms with Gasteiger partial charge in [-0.3, -0.25) is 5.26 Å². The van der Waals surface area contributed by atoms with E-state index in [1.54, 1.807) is 0 Å². The maximum absolute atomic E-state index is 11.6. The minimum absolute atomic E-state index is 0.00433. The van der Waals surface area contributed by atoms with E-state index in [2.05, 4.69) is 41.5 Å². The van der Waals surface area contributed by atoms with E-state index in [4.69, 9.17) is 24.1 Å². The summed E-state index contributed by atoms with van der Waals surface area (Å²) in [6, 6.07) is 0. The minimum Gasteiger partial charge on any atom is -0.393 e. The average Bonchev–Trinajstić information content (AvgIpc) is 3.31. The van der Waals surface area contributed by atoms with Crippen LogP contribution >= 0.6 is 0 Å². The number of hydrogen-bond acceptors (Lipinski definition) is 8. The Bertz CT molecular complexity index is 849. The van der Waals surface area contributed by atoms with Gasteiger partial charge in [-0.15, -0.1) is 0 Å². The van der Waals surface area contributed by atoms with Gasteiger partial charge in [0.15, 0.2) is 5.79 Å². The molecular formula is C34H60O8. The molecule has 0 aromatic heterocycles. The van der Waals surface area contributed by atoms with Crippen LogP contribution in [0.3, 0.4) is 0 Å². The summed E-state index contributed by atoms with van der Waals surface area (Å²) in [7, 11) is 0. The fourth-order valence-electron chi connectivity index (χ4n) is 10.1. The molecule has 8 nitrogen and oxygen atoms in total. The third-order valence-corrected chi connectivity index (χ3v) is 13.1. The number of aliphatic hydroxyl groups is 2. The summed E-state index contributed by atoms with van der Waals surface area (Å²) in [5.74, 6) is 1.09. The molecule has 15 atom stereocenters. The molecule has 6 rings (SSSR count). The zero-order valence-corrected chi connectivity index (χ0v) is 27.3. The molecule has 4 aliphatic heterocycles. The highest BCUT2D eigenvalue weighted by Crippen LogP contribution is 2.56. The van der Waals surface area contributed by atoms with E-state index in [0.29, 0.717) is 43.8 Å². The summed E-state index contributed by atoms with van der Waals surface area (Å²) in [6.45, 7) is 15.9. The number of rotatable bonds is 9. The molecule has 0 amide bonds. The molecule has 6 aliphatic rings. The Balaban J connectivity index is 1.22. The molecule has 8 unspecified atom stereocenters. The first-order valence-corrected chi connectivity index (χ1v) is 17.2. The van der Waals surface area contributed by atoms with Gasteiger partial charge in [-0.2, -0.15) is 0 Å². The van der Waals surface area contributed by atoms with E-state index in [0.717, 1.165) is 51.4 Å². The molecular weight excluding hydrogens is 536 g/mol. The predicted molar refractivity (Wildman–Crippen MR) is 159 cm³/mol. The lowest BCUT2D eigenvalue weighted by atomic mass is 9.58. The van der Waals surface area contributed by atoms with Crippen molar-refractivity contribution in [2.24, 2.45) is 53.3 Å². The Morgan fingerprint density at radius 3 is 2.00 bits per heavy atom. The van der Waals surface area contributed by atoms with Gasteiger partial charge in [0, 0.05) is 6.42 Å². The molecule has 4 heterocycles. The van der Waals surface area contributed by atoms with Crippen molar-refractivity contribution in [3.8, 4) is 0 Å². The highest BCUT2D eigenvalue weighted by molar-refractivity contribution is 5.06. The second-order valence-electron chi connectivity index (χ2n) is 15.8. The highest BCUT2D eigenvalue weighted by Gasteiger charge is 2.61. The third-order valence-electron chi connectivity index (χ3n) is 13.1. The van der Waals surface area contributed by atoms with E-state index in [-0.39, 0.29) is 41.6 Å². The summed E-state index contributed by atoms with van der Waals surface area (Å²) in [5, 5.41) is 33.5. The molecule has 2 bridgehead atoms. The van der Waals surface area contributed by atoms with Crippen LogP contribution in [0, 0.1) is 53.3 Å². The Kier molecular flexibility index (Phi) is 10.1. The van der Waals surface area contributed by atoms with Crippen molar-refractivity contribution < 1.29 is 39.6 Å². The maximum atomic E-state index is 11.6. The van der Waals surface area contributed by atoms with Crippen LogP contribution in [0.25, 0.3) is 0 Å². The van der Waals surface area contributed by atoms with Crippen LogP contribution in [0.5, 0.6) is 0 Å². The van der Waals surface area contributed by atoms with Crippen LogP contribution in [0.2, 0.25) is 0 Å². The van der Waals surface area contributed by atoms with Gasteiger partial charge < -0.3 is 19.7 Å². The SMILES string of the molecule is CC(CC(O)C(C)[C@@H]1CC[C@@H](C)C2CCC(C)OC[C@@]21OO)CC(O)C(C)[C@@H]1CC[C@@H](C)C2CC[C@]3(C)OC[C@@]21OO3. The molecule has 0 aromatic carbocycles. The molecule has 1 spiro atoms. The Hall–Kier alpha value is -0.320. The van der Waals surface area contributed by atoms with Gasteiger partial charge in [-0.05, 0) is 125 Å². The Labute approximate surface area is 254 Å². The van der Waals surface area contributed by atoms with Crippen LogP contribution in [0.4, 0.5) is 0 Å². The van der Waals surface area contributed by atoms with E-state index in [9.17, 15) is 15.5 Å². The van der Waals surface area contributed by atoms with Crippen LogP contribution in [-0.2, 0) is 24.1 Å². The number of aliphatic hydroxyl groups excluding tert-OH is 2. The van der Waals surface area contributed by atoms with E-state index in [1.807, 2.05) is 6.92 Å². The number of hydrogen-bond donors (Lipinski definition) is 3. The first-order valence-electron chi connectivity index (χ1n) is 17.2. The fourth-order valence-corrected chi connectivity index (χ4v) is 10.1. The third kappa shape index (κ3) is 5.97. The maximum Gasteiger partial charge on any atom is 0.198 e. The lowest BCUT2D eigenvalue weighted by molar-refractivity contribution is -0.517. The van der Waals surface area contributed by atoms with Crippen molar-refractivity contribution >= 4 is 0 Å². The van der Waals surface area contributed by atoms with Crippen molar-refractivity contribution in [2.75, 3.05) is 13.2 Å². The lowest BCUT2D eigenvalue weighted by Gasteiger charge is -2.54. The Morgan fingerprint density at radius 2 is 1.38 bits per heavy atom. The molecule has 42 heavy (non-hydrogen) atoms. The second-order valence-corrected chi connectivity index (χ2v) is 15.8. The average molecular weight is 597 g/mol. The molecule has 0 aromatic rings. The molecule has 0 radical (unpaired) electrons. The van der Waals surface area contributed by atoms with Gasteiger partial charge in [0.25, 0.3) is 0 Å². The highest BCUT2D eigenvalue weighted by atomic mass is 17.2. The molecule has 6 fully saturated rings. The molecule has 3 N–H and O–H groups in total. The van der Waals surface area contributed by atoms with E-state index >= 15 is 0 Å². The zero-order chi connectivity index (χ0) is 30.4. The molecule has 8 heteroatoms. The number of fused-ring (bicyclic) bond motifs is 4. The van der Waals surface area contributed by atoms with Gasteiger partial charge >= 0.3 is 0 Å². The Morgan fingerprint density at radius 1 is 0.762 bits per heavy atom. The quantitative estimate of drug-likeness (QED) is 0.208. The van der Waals surface area contributed by atoms with Crippen molar-refractivity contribution in [1.82, 2.24) is 0 Å². The van der Waals surface area contributed by atoms with Gasteiger partial charge in [-0.25, -0.2) is 14.7 Å². The molecule has 2 saturated carbocycles. The summed E-state index contributed by atoms with van der Waals surface area (Å²) < 4.78 is 12.4. The van der Waals surface area contributed by atoms with Gasteiger partial charge in [0.1, 0.15) is 11.2 Å². The van der Waals surface area contributed by atoms with Gasteiger partial charge in [-0.1, -0.05) is 34.6 Å². The van der Waals surface area contributed by atoms with E-state index < -0.39 is 29.2 Å². The smallest absolute Gasteiger partial charge is 0.198 e. The molecule has 244 valence electrons. The summed E-state index contributed by atoms with van der Waals surface area (Å²) in [4.78, 5) is 17.6. The second kappa shape index (κ2) is 12.8. The largest absolute Gasteiger partial charge is 0.393 e. The fraction of sp³-hybridized carbons (Fsp3) is 1.00. The van der Waals surface area contributed by atoms with Crippen LogP contribution in [-0.4, -0.2) is 64.0 Å². The van der Waals surface area contributed by atoms with Crippen molar-refractivity contribution in [3.63, 3.8) is 0 Å². The summed E-state index contributed by atoms with van der Waals surface area (Å²) >= 11 is 0. The normalized spacial score (nSPS) is 47.7. The first kappa shape index (κ1) is 33.1. The summed E-state index contributed by atoms with van der Waals surface area (Å²) in [6.07, 6.45) is 8.11. The lowest BCUT2D eigenvalue weighted by Crippen LogP contribution is -2.61. The standard InChI is InChI=1S/C34H60O8/c1-20(16-30(35)24(5)28-11-8-21(2)26-13-10-23(4)38-18-33(26,28)40-37)17-31(36)25(6)29-12-9-22(3)27-14-15-32(7)39-19-34(27,29)42-41-32/h20-31,35-37H,8-19H2,1-7H3/t20?,21-,22-,23?,24?,25?,26?,27?,28+,29+,30?,31?,32-,33-,34-/m1/s1. The molecule has 4 saturated heterocycles. The van der Waals surface area contributed by atoms with Crippen LogP contribution in [0.1, 0.15) is 113 Å². The van der Waals surface area contributed by atoms with Gasteiger partial charge in [0.05, 0.1) is 31.5 Å². The minimum atomic E-state index is -0.785. The van der Waals surface area contributed by atoms with Crippen molar-refractivity contribution in [2.45, 2.75) is 148 Å². The topological polar surface area (TPSA) is 107 Å². The van der Waals surface area contributed by atoms with E-state index in [1.165, 1.54) is 0 Å². The predicted octanol–water partition coefficient (Wildman–Crippen LogP) is 6.38. The zero-order valence-electron chi connectivity index (χ0n) is 27.3. The monoisotopic (exact) mass is 596 g/mol. The first-order chi connectivity index (χ1) is 19.9. The van der Waals surface area contributed by atoms with Gasteiger partial charge in [0.2, 0.25) is 0 Å². The van der Waals surface area contributed by atoms with Crippen LogP contribution < -0.4 is 0 Å². The van der Waals surface area contributed by atoms with Crippen LogP contribution in [0.15, 0.2) is 0 Å². The molecule has 2 aliphatic carbocycles. The van der Waals surface area contributed by atoms with Crippen molar-refractivity contribution in [1.29, 1.82) is 0 Å². The number of ether oxygens (including phenoxy) is 2. The summed E-state index contributed by atoms with van der Waals surface area (Å²) in [5.41, 5.74) is -1.30.